The quantitative estimate of drug-likeness (QED) is 0.591. The molecule has 5 heterocycles. The number of H-pyrrole nitrogens is 1. The molecule has 1 aliphatic heterocycles. The molecule has 7 heteroatoms. The van der Waals surface area contributed by atoms with Gasteiger partial charge in [0.25, 0.3) is 0 Å². The third-order valence-electron chi connectivity index (χ3n) is 4.70. The Balaban J connectivity index is 1.29. The van der Waals surface area contributed by atoms with E-state index in [4.69, 9.17) is 4.98 Å². The van der Waals surface area contributed by atoms with Crippen LogP contribution in [-0.2, 0) is 19.5 Å². The van der Waals surface area contributed by atoms with Crippen LogP contribution >= 0.6 is 11.3 Å². The molecule has 0 saturated heterocycles. The van der Waals surface area contributed by atoms with Crippen LogP contribution in [0.15, 0.2) is 54.4 Å². The van der Waals surface area contributed by atoms with Gasteiger partial charge in [0.05, 0.1) is 16.3 Å². The second-order valence-corrected chi connectivity index (χ2v) is 7.55. The van der Waals surface area contributed by atoms with E-state index in [0.717, 1.165) is 59.4 Å². The predicted molar refractivity (Wildman–Crippen MR) is 105 cm³/mol. The lowest BCUT2D eigenvalue weighted by Crippen LogP contribution is -2.30. The smallest absolute Gasteiger partial charge is 0.169 e. The number of nitrogens with zero attached hydrogens (tertiary/aromatic N) is 5. The molecule has 0 spiro atoms. The summed E-state index contributed by atoms with van der Waals surface area (Å²) in [6, 6.07) is 8.03. The Bertz CT molecular complexity index is 1020. The number of pyridine rings is 1. The standard InChI is InChI=1S/C20H18N6S/c1-3-15(11-21-6-1)19-24-16-5-7-26(13-17(16)25-19)12-14-9-22-20(23-10-14)18-4-2-8-27-18/h1-4,6,8-11H,5,7,12-13H2,(H,24,25). The molecule has 27 heavy (non-hydrogen) atoms. The first-order valence-corrected chi connectivity index (χ1v) is 9.78. The molecule has 1 N–H and O–H groups in total. The first-order chi connectivity index (χ1) is 13.3. The summed E-state index contributed by atoms with van der Waals surface area (Å²) in [6.45, 7) is 2.68. The summed E-state index contributed by atoms with van der Waals surface area (Å²) in [5.74, 6) is 1.70. The molecule has 0 atom stereocenters. The van der Waals surface area contributed by atoms with Gasteiger partial charge in [-0.1, -0.05) is 6.07 Å². The van der Waals surface area contributed by atoms with Gasteiger partial charge in [-0.2, -0.15) is 0 Å². The van der Waals surface area contributed by atoms with Crippen molar-refractivity contribution in [2.24, 2.45) is 0 Å². The molecule has 0 amide bonds. The van der Waals surface area contributed by atoms with Crippen molar-refractivity contribution in [3.8, 4) is 22.1 Å². The normalized spacial score (nSPS) is 14.2. The number of aromatic amines is 1. The molecular formula is C20H18N6S. The topological polar surface area (TPSA) is 70.6 Å². The zero-order valence-corrected chi connectivity index (χ0v) is 15.5. The van der Waals surface area contributed by atoms with E-state index in [0.29, 0.717) is 0 Å². The Morgan fingerprint density at radius 2 is 2.04 bits per heavy atom. The summed E-state index contributed by atoms with van der Waals surface area (Å²) in [6.07, 6.45) is 8.44. The number of hydrogen-bond donors (Lipinski definition) is 1. The maximum Gasteiger partial charge on any atom is 0.169 e. The Morgan fingerprint density at radius 1 is 1.11 bits per heavy atom. The van der Waals surface area contributed by atoms with Crippen molar-refractivity contribution < 1.29 is 0 Å². The second-order valence-electron chi connectivity index (χ2n) is 6.61. The largest absolute Gasteiger partial charge is 0.340 e. The van der Waals surface area contributed by atoms with Crippen LogP contribution in [0.4, 0.5) is 0 Å². The third-order valence-corrected chi connectivity index (χ3v) is 5.56. The number of nitrogens with one attached hydrogen (secondary N) is 1. The zero-order chi connectivity index (χ0) is 18.1. The van der Waals surface area contributed by atoms with E-state index in [2.05, 4.69) is 24.8 Å². The maximum absolute atomic E-state index is 4.76. The molecule has 1 aliphatic rings. The summed E-state index contributed by atoms with van der Waals surface area (Å²) in [5, 5.41) is 2.04. The van der Waals surface area contributed by atoms with Gasteiger partial charge in [0, 0.05) is 62.0 Å². The van der Waals surface area contributed by atoms with Crippen LogP contribution in [0.3, 0.4) is 0 Å². The highest BCUT2D eigenvalue weighted by molar-refractivity contribution is 7.13. The van der Waals surface area contributed by atoms with Crippen LogP contribution in [0, 0.1) is 0 Å². The SMILES string of the molecule is c1cncc(-c2nc3c([nH]2)CN(Cc2cnc(-c4cccs4)nc2)CC3)c1. The van der Waals surface area contributed by atoms with Gasteiger partial charge in [-0.15, -0.1) is 11.3 Å². The van der Waals surface area contributed by atoms with Crippen LogP contribution in [0.1, 0.15) is 17.0 Å². The highest BCUT2D eigenvalue weighted by Gasteiger charge is 2.21. The fraction of sp³-hybridized carbons (Fsp3) is 0.200. The lowest BCUT2D eigenvalue weighted by atomic mass is 10.1. The fourth-order valence-corrected chi connectivity index (χ4v) is 4.02. The second kappa shape index (κ2) is 7.02. The highest BCUT2D eigenvalue weighted by Crippen LogP contribution is 2.24. The maximum atomic E-state index is 4.76. The van der Waals surface area contributed by atoms with Gasteiger partial charge in [-0.25, -0.2) is 15.0 Å². The molecule has 0 unspecified atom stereocenters. The first-order valence-electron chi connectivity index (χ1n) is 8.90. The van der Waals surface area contributed by atoms with Crippen LogP contribution < -0.4 is 0 Å². The number of aromatic nitrogens is 5. The monoisotopic (exact) mass is 374 g/mol. The molecule has 0 fully saturated rings. The van der Waals surface area contributed by atoms with Gasteiger partial charge < -0.3 is 4.98 Å². The Morgan fingerprint density at radius 3 is 2.81 bits per heavy atom. The van der Waals surface area contributed by atoms with Gasteiger partial charge >= 0.3 is 0 Å². The van der Waals surface area contributed by atoms with E-state index in [1.165, 1.54) is 5.69 Å². The van der Waals surface area contributed by atoms with Gasteiger partial charge in [0.15, 0.2) is 5.82 Å². The van der Waals surface area contributed by atoms with E-state index in [1.54, 1.807) is 17.5 Å². The summed E-state index contributed by atoms with van der Waals surface area (Å²) >= 11 is 1.66. The fourth-order valence-electron chi connectivity index (χ4n) is 3.35. The van der Waals surface area contributed by atoms with E-state index in [1.807, 2.05) is 48.2 Å². The number of imidazole rings is 1. The summed E-state index contributed by atoms with van der Waals surface area (Å²) < 4.78 is 0. The van der Waals surface area contributed by atoms with Crippen molar-refractivity contribution >= 4 is 11.3 Å². The number of fused-ring (bicyclic) bond motifs is 1. The van der Waals surface area contributed by atoms with Gasteiger partial charge in [-0.3, -0.25) is 9.88 Å². The van der Waals surface area contributed by atoms with Crippen molar-refractivity contribution in [3.05, 3.63) is 71.4 Å². The minimum absolute atomic E-state index is 0.796. The predicted octanol–water partition coefficient (Wildman–Crippen LogP) is 3.55. The van der Waals surface area contributed by atoms with E-state index in [-0.39, 0.29) is 0 Å². The summed E-state index contributed by atoms with van der Waals surface area (Å²) in [5.41, 5.74) is 4.51. The molecule has 5 rings (SSSR count). The van der Waals surface area contributed by atoms with E-state index < -0.39 is 0 Å². The zero-order valence-electron chi connectivity index (χ0n) is 14.7. The van der Waals surface area contributed by atoms with E-state index >= 15 is 0 Å². The first kappa shape index (κ1) is 16.3. The molecular weight excluding hydrogens is 356 g/mol. The van der Waals surface area contributed by atoms with Crippen LogP contribution in [0.25, 0.3) is 22.1 Å². The molecule has 6 nitrogen and oxygen atoms in total. The molecule has 0 radical (unpaired) electrons. The van der Waals surface area contributed by atoms with Gasteiger partial charge in [0.1, 0.15) is 5.82 Å². The highest BCUT2D eigenvalue weighted by atomic mass is 32.1. The molecule has 0 bridgehead atoms. The van der Waals surface area contributed by atoms with Gasteiger partial charge in [0.2, 0.25) is 0 Å². The van der Waals surface area contributed by atoms with Crippen molar-refractivity contribution in [3.63, 3.8) is 0 Å². The van der Waals surface area contributed by atoms with E-state index in [9.17, 15) is 0 Å². The molecule has 4 aromatic rings. The van der Waals surface area contributed by atoms with Crippen molar-refractivity contribution in [1.82, 2.24) is 29.8 Å². The Kier molecular flexibility index (Phi) is 4.23. The molecule has 134 valence electrons. The van der Waals surface area contributed by atoms with Crippen LogP contribution in [-0.4, -0.2) is 36.4 Å². The van der Waals surface area contributed by atoms with Gasteiger partial charge in [-0.05, 0) is 23.6 Å². The van der Waals surface area contributed by atoms with Crippen LogP contribution in [0.5, 0.6) is 0 Å². The van der Waals surface area contributed by atoms with Crippen molar-refractivity contribution in [2.75, 3.05) is 6.54 Å². The van der Waals surface area contributed by atoms with Crippen molar-refractivity contribution in [2.45, 2.75) is 19.5 Å². The molecule has 0 saturated carbocycles. The Labute approximate surface area is 161 Å². The molecule has 4 aromatic heterocycles. The Hall–Kier alpha value is -2.90. The average Bonchev–Trinajstić information content (AvgIpc) is 3.39. The lowest BCUT2D eigenvalue weighted by Gasteiger charge is -2.25. The minimum Gasteiger partial charge on any atom is -0.340 e. The van der Waals surface area contributed by atoms with Crippen LogP contribution in [0.2, 0.25) is 0 Å². The number of hydrogen-bond acceptors (Lipinski definition) is 6. The molecule has 0 aromatic carbocycles. The third kappa shape index (κ3) is 3.39. The average molecular weight is 374 g/mol. The molecule has 0 aliphatic carbocycles. The van der Waals surface area contributed by atoms with Crippen molar-refractivity contribution in [1.29, 1.82) is 0 Å². The summed E-state index contributed by atoms with van der Waals surface area (Å²) in [7, 11) is 0. The lowest BCUT2D eigenvalue weighted by molar-refractivity contribution is 0.241. The minimum atomic E-state index is 0.796. The number of rotatable bonds is 4. The summed E-state index contributed by atoms with van der Waals surface area (Å²) in [4.78, 5) is 24.9. The number of thiophene rings is 1.